The van der Waals surface area contributed by atoms with Crippen molar-refractivity contribution in [2.75, 3.05) is 0 Å². The van der Waals surface area contributed by atoms with Gasteiger partial charge in [-0.2, -0.15) is 5.10 Å². The van der Waals surface area contributed by atoms with Gasteiger partial charge in [0, 0.05) is 47.7 Å². The number of nitrogens with zero attached hydrogens (tertiary/aromatic N) is 3. The van der Waals surface area contributed by atoms with Crippen LogP contribution < -0.4 is 5.32 Å². The van der Waals surface area contributed by atoms with Gasteiger partial charge in [-0.3, -0.25) is 14.5 Å². The minimum absolute atomic E-state index is 0.127. The highest BCUT2D eigenvalue weighted by atomic mass is 16.4. The fraction of sp³-hybridized carbons (Fsp3) is 0.517. The van der Waals surface area contributed by atoms with Gasteiger partial charge in [-0.25, -0.2) is 9.48 Å². The third-order valence-electron chi connectivity index (χ3n) is 6.89. The maximum absolute atomic E-state index is 10.3. The van der Waals surface area contributed by atoms with Crippen molar-refractivity contribution in [1.82, 2.24) is 20.0 Å². The highest BCUT2D eigenvalue weighted by Gasteiger charge is 2.41. The Morgan fingerprint density at radius 3 is 2.00 bits per heavy atom. The molecule has 0 radical (unpaired) electrons. The van der Waals surface area contributed by atoms with Crippen molar-refractivity contribution in [3.8, 4) is 0 Å². The van der Waals surface area contributed by atoms with Crippen molar-refractivity contribution in [1.29, 1.82) is 0 Å². The van der Waals surface area contributed by atoms with E-state index in [2.05, 4.69) is 86.8 Å². The molecule has 0 atom stereocenters. The van der Waals surface area contributed by atoms with Gasteiger partial charge in [-0.05, 0) is 53.0 Å². The van der Waals surface area contributed by atoms with Gasteiger partial charge in [0.1, 0.15) is 0 Å². The summed E-state index contributed by atoms with van der Waals surface area (Å²) in [6, 6.07) is 11.3. The molecule has 0 aliphatic carbocycles. The number of piperidine rings is 1. The summed E-state index contributed by atoms with van der Waals surface area (Å²) in [6.07, 6.45) is 3.75. The summed E-state index contributed by atoms with van der Waals surface area (Å²) in [7, 11) is 0. The number of hydrogen-bond acceptors (Lipinski definition) is 7. The number of carboxylic acids is 3. The molecule has 1 aliphatic rings. The van der Waals surface area contributed by atoms with E-state index in [0.29, 0.717) is 6.04 Å². The third kappa shape index (κ3) is 9.58. The SMILES string of the molecule is C=Cn1ncc(CN(Cc2ccccc2)C2CC(C)(C)NC(C)(C)C2)c1C.O=C(O)CC(O)(CC(=O)O)C(=O)O. The number of aliphatic carboxylic acids is 3. The van der Waals surface area contributed by atoms with Crippen LogP contribution in [0.25, 0.3) is 6.20 Å². The lowest BCUT2D eigenvalue weighted by molar-refractivity contribution is -0.170. The molecular weight excluding hydrogens is 516 g/mol. The Balaban J connectivity index is 0.000000366. The highest BCUT2D eigenvalue weighted by Crippen LogP contribution is 2.33. The minimum Gasteiger partial charge on any atom is -0.481 e. The van der Waals surface area contributed by atoms with Crippen molar-refractivity contribution in [3.05, 3.63) is 59.9 Å². The van der Waals surface area contributed by atoms with Crippen LogP contribution in [0.15, 0.2) is 43.1 Å². The fourth-order valence-electron chi connectivity index (χ4n) is 5.39. The number of hydrogen-bond donors (Lipinski definition) is 5. The molecule has 11 nitrogen and oxygen atoms in total. The van der Waals surface area contributed by atoms with Crippen LogP contribution in [-0.2, 0) is 27.5 Å². The molecule has 2 heterocycles. The molecule has 1 saturated heterocycles. The van der Waals surface area contributed by atoms with Crippen molar-refractivity contribution >= 4 is 24.1 Å². The Morgan fingerprint density at radius 2 is 1.57 bits per heavy atom. The number of aromatic nitrogens is 2. The number of rotatable bonds is 11. The molecule has 11 heteroatoms. The Labute approximate surface area is 235 Å². The van der Waals surface area contributed by atoms with E-state index in [1.165, 1.54) is 16.8 Å². The molecule has 3 rings (SSSR count). The summed E-state index contributed by atoms with van der Waals surface area (Å²) in [5.74, 6) is -5.02. The van der Waals surface area contributed by atoms with Crippen LogP contribution >= 0.6 is 0 Å². The van der Waals surface area contributed by atoms with Crippen molar-refractivity contribution < 1.29 is 34.8 Å². The number of nitrogens with one attached hydrogen (secondary N) is 1. The highest BCUT2D eigenvalue weighted by molar-refractivity contribution is 5.88. The lowest BCUT2D eigenvalue weighted by Crippen LogP contribution is -2.62. The van der Waals surface area contributed by atoms with Crippen LogP contribution in [0.3, 0.4) is 0 Å². The first-order valence-corrected chi connectivity index (χ1v) is 13.1. The average molecular weight is 559 g/mol. The number of benzene rings is 1. The summed E-state index contributed by atoms with van der Waals surface area (Å²) < 4.78 is 1.87. The van der Waals surface area contributed by atoms with Crippen LogP contribution in [0.4, 0.5) is 0 Å². The summed E-state index contributed by atoms with van der Waals surface area (Å²) in [6.45, 7) is 17.1. The molecule has 0 spiro atoms. The van der Waals surface area contributed by atoms with Crippen molar-refractivity contribution in [3.63, 3.8) is 0 Å². The van der Waals surface area contributed by atoms with Crippen LogP contribution in [0.5, 0.6) is 0 Å². The second-order valence-electron chi connectivity index (χ2n) is 11.7. The van der Waals surface area contributed by atoms with Gasteiger partial charge in [-0.15, -0.1) is 0 Å². The molecule has 0 unspecified atom stereocenters. The molecule has 40 heavy (non-hydrogen) atoms. The molecule has 1 fully saturated rings. The minimum atomic E-state index is -2.74. The maximum atomic E-state index is 10.3. The van der Waals surface area contributed by atoms with E-state index in [1.54, 1.807) is 6.20 Å². The molecule has 1 aromatic carbocycles. The zero-order valence-corrected chi connectivity index (χ0v) is 23.9. The lowest BCUT2D eigenvalue weighted by atomic mass is 9.79. The smallest absolute Gasteiger partial charge is 0.336 e. The third-order valence-corrected chi connectivity index (χ3v) is 6.89. The van der Waals surface area contributed by atoms with Gasteiger partial charge < -0.3 is 25.7 Å². The fourth-order valence-corrected chi connectivity index (χ4v) is 5.39. The first kappa shape index (κ1) is 32.7. The molecule has 0 bridgehead atoms. The zero-order chi connectivity index (χ0) is 30.3. The first-order valence-electron chi connectivity index (χ1n) is 13.1. The van der Waals surface area contributed by atoms with E-state index in [1.807, 2.05) is 10.9 Å². The molecule has 1 aromatic heterocycles. The molecule has 0 amide bonds. The monoisotopic (exact) mass is 558 g/mol. The van der Waals surface area contributed by atoms with E-state index in [-0.39, 0.29) is 11.1 Å². The van der Waals surface area contributed by atoms with Gasteiger partial charge >= 0.3 is 17.9 Å². The number of carbonyl (C=O) groups is 3. The molecular formula is C29H42N4O7. The van der Waals surface area contributed by atoms with E-state index in [4.69, 9.17) is 20.4 Å². The van der Waals surface area contributed by atoms with Crippen LogP contribution in [-0.4, -0.2) is 75.7 Å². The van der Waals surface area contributed by atoms with Crippen molar-refractivity contribution in [2.24, 2.45) is 0 Å². The second-order valence-corrected chi connectivity index (χ2v) is 11.7. The Kier molecular flexibility index (Phi) is 10.8. The Hall–Kier alpha value is -3.54. The van der Waals surface area contributed by atoms with Gasteiger partial charge in [0.05, 0.1) is 19.0 Å². The normalized spacial score (nSPS) is 16.6. The quantitative estimate of drug-likeness (QED) is 0.276. The predicted molar refractivity (Wildman–Crippen MR) is 150 cm³/mol. The van der Waals surface area contributed by atoms with Gasteiger partial charge in [-0.1, -0.05) is 36.9 Å². The maximum Gasteiger partial charge on any atom is 0.336 e. The first-order chi connectivity index (χ1) is 18.5. The van der Waals surface area contributed by atoms with Gasteiger partial charge in [0.15, 0.2) is 5.60 Å². The summed E-state index contributed by atoms with van der Waals surface area (Å²) in [4.78, 5) is 33.1. The van der Waals surface area contributed by atoms with Gasteiger partial charge in [0.2, 0.25) is 0 Å². The summed E-state index contributed by atoms with van der Waals surface area (Å²) in [5.41, 5.74) is 1.33. The Morgan fingerprint density at radius 1 is 1.05 bits per heavy atom. The van der Waals surface area contributed by atoms with Crippen LogP contribution in [0.1, 0.15) is 70.2 Å². The van der Waals surface area contributed by atoms with E-state index in [0.717, 1.165) is 25.9 Å². The molecule has 1 aliphatic heterocycles. The zero-order valence-electron chi connectivity index (χ0n) is 23.9. The lowest BCUT2D eigenvalue weighted by Gasteiger charge is -2.49. The summed E-state index contributed by atoms with van der Waals surface area (Å²) in [5, 5.41) is 42.1. The number of aliphatic hydroxyl groups is 1. The van der Waals surface area contributed by atoms with E-state index >= 15 is 0 Å². The van der Waals surface area contributed by atoms with E-state index < -0.39 is 36.4 Å². The average Bonchev–Trinajstić information content (AvgIpc) is 3.15. The van der Waals surface area contributed by atoms with Crippen LogP contribution in [0, 0.1) is 6.92 Å². The molecule has 220 valence electrons. The second kappa shape index (κ2) is 13.2. The Bertz CT molecular complexity index is 1160. The van der Waals surface area contributed by atoms with Crippen LogP contribution in [0.2, 0.25) is 0 Å². The standard InChI is InChI=1S/C23H34N4.C6H8O7/c1-7-27-18(2)20(15-24-27)17-26(16-19-11-9-8-10-12-19)21-13-22(3,4)25-23(5,6)14-21;7-3(8)1-6(13,5(11)12)2-4(9)10/h7-12,15,21,25H,1,13-14,16-17H2,2-6H3;13H,1-2H2,(H,7,8)(H,9,10)(H,11,12). The largest absolute Gasteiger partial charge is 0.481 e. The molecule has 0 saturated carbocycles. The molecule has 2 aromatic rings. The van der Waals surface area contributed by atoms with Crippen molar-refractivity contribution in [2.45, 2.75) is 96.1 Å². The topological polar surface area (TPSA) is 165 Å². The van der Waals surface area contributed by atoms with Gasteiger partial charge in [0.25, 0.3) is 0 Å². The predicted octanol–water partition coefficient (Wildman–Crippen LogP) is 3.35. The molecule has 5 N–H and O–H groups in total. The number of carboxylic acid groups (broad SMARTS) is 3. The summed E-state index contributed by atoms with van der Waals surface area (Å²) >= 11 is 0. The van der Waals surface area contributed by atoms with E-state index in [9.17, 15) is 14.4 Å².